The third-order valence-corrected chi connectivity index (χ3v) is 9.92. The van der Waals surface area contributed by atoms with E-state index in [9.17, 15) is 9.59 Å². The minimum atomic E-state index is -0.563. The summed E-state index contributed by atoms with van der Waals surface area (Å²) in [7, 11) is 0. The number of unbranched alkanes of at least 4 members (excludes halogenated alkanes) is 18. The predicted octanol–water partition coefficient (Wildman–Crippen LogP) is 16.1. The Morgan fingerprint density at radius 3 is 1.33 bits per heavy atom. The number of allylic oxidation sites excluding steroid dienone is 14. The summed E-state index contributed by atoms with van der Waals surface area (Å²) in [5.41, 5.74) is 0. The first-order chi connectivity index (χ1) is 28.6. The van der Waals surface area contributed by atoms with E-state index in [1.807, 2.05) is 0 Å². The summed E-state index contributed by atoms with van der Waals surface area (Å²) in [6, 6.07) is 0. The van der Waals surface area contributed by atoms with Gasteiger partial charge in [-0.3, -0.25) is 9.59 Å². The highest BCUT2D eigenvalue weighted by Crippen LogP contribution is 2.13. The normalized spacial score (nSPS) is 12.9. The van der Waals surface area contributed by atoms with Gasteiger partial charge in [0.1, 0.15) is 6.61 Å². The molecule has 0 fully saturated rings. The Hall–Kier alpha value is -2.92. The van der Waals surface area contributed by atoms with E-state index in [4.69, 9.17) is 14.2 Å². The largest absolute Gasteiger partial charge is 0.462 e. The maximum Gasteiger partial charge on any atom is 0.306 e. The van der Waals surface area contributed by atoms with Crippen LogP contribution in [0.25, 0.3) is 0 Å². The molecule has 0 N–H and O–H groups in total. The third kappa shape index (κ3) is 45.8. The van der Waals surface area contributed by atoms with Crippen molar-refractivity contribution < 1.29 is 23.8 Å². The Labute approximate surface area is 359 Å². The van der Waals surface area contributed by atoms with Crippen LogP contribution in [0.15, 0.2) is 85.1 Å². The zero-order valence-electron chi connectivity index (χ0n) is 38.0. The number of rotatable bonds is 43. The standard InChI is InChI=1S/C53H90O5/c1-4-7-10-13-16-19-21-23-25-27-29-31-33-35-37-40-43-46-52(54)57-50-51(49-56-48-45-42-39-18-15-12-9-6-3)58-53(55)47-44-41-38-36-34-32-30-28-26-24-22-20-17-14-11-8-5-2/h7,10,16-17,19-20,23-26,29,31,35,37,51H,4-6,8-9,11-15,18,21-22,27-28,30,32-34,36,38-50H2,1-3H3/b10-7-,19-16-,20-17-,25-23-,26-24-,31-29-,37-35-. The van der Waals surface area contributed by atoms with Crippen molar-refractivity contribution in [3.05, 3.63) is 85.1 Å². The molecular formula is C53H90O5. The quantitative estimate of drug-likeness (QED) is 0.0349. The van der Waals surface area contributed by atoms with E-state index in [0.29, 0.717) is 19.4 Å². The second-order valence-electron chi connectivity index (χ2n) is 15.6. The Morgan fingerprint density at radius 1 is 0.397 bits per heavy atom. The lowest BCUT2D eigenvalue weighted by atomic mass is 10.1. The first kappa shape index (κ1) is 55.1. The van der Waals surface area contributed by atoms with Gasteiger partial charge in [-0.05, 0) is 89.9 Å². The molecule has 0 rings (SSSR count). The van der Waals surface area contributed by atoms with Crippen LogP contribution in [0, 0.1) is 0 Å². The highest BCUT2D eigenvalue weighted by molar-refractivity contribution is 5.70. The number of hydrogen-bond acceptors (Lipinski definition) is 5. The van der Waals surface area contributed by atoms with Crippen molar-refractivity contribution in [1.29, 1.82) is 0 Å². The van der Waals surface area contributed by atoms with Crippen LogP contribution >= 0.6 is 0 Å². The molecule has 0 amide bonds. The molecule has 0 radical (unpaired) electrons. The Morgan fingerprint density at radius 2 is 0.793 bits per heavy atom. The van der Waals surface area contributed by atoms with Crippen LogP contribution in [0.1, 0.15) is 213 Å². The van der Waals surface area contributed by atoms with E-state index in [-0.39, 0.29) is 25.2 Å². The zero-order valence-corrected chi connectivity index (χ0v) is 38.0. The molecule has 0 bridgehead atoms. The van der Waals surface area contributed by atoms with Crippen LogP contribution in [0.3, 0.4) is 0 Å². The van der Waals surface area contributed by atoms with Gasteiger partial charge in [0.25, 0.3) is 0 Å². The second kappa shape index (κ2) is 48.4. The van der Waals surface area contributed by atoms with Crippen LogP contribution in [-0.4, -0.2) is 37.9 Å². The SMILES string of the molecule is CC/C=C\C/C=C\C/C=C\C/C=C\C/C=C\CCCC(=O)OCC(COCCCCCCCCCC)OC(=O)CCCCCCCCC/C=C\C/C=C\CCCCC. The Kier molecular flexibility index (Phi) is 46.0. The van der Waals surface area contributed by atoms with Gasteiger partial charge in [0.15, 0.2) is 6.10 Å². The number of hydrogen-bond donors (Lipinski definition) is 0. The van der Waals surface area contributed by atoms with E-state index in [0.717, 1.165) is 83.5 Å². The summed E-state index contributed by atoms with van der Waals surface area (Å²) in [4.78, 5) is 25.3. The summed E-state index contributed by atoms with van der Waals surface area (Å²) in [6.07, 6.45) is 63.0. The molecule has 0 spiro atoms. The molecule has 5 heteroatoms. The number of carbonyl (C=O) groups is 2. The predicted molar refractivity (Wildman–Crippen MR) is 251 cm³/mol. The fraction of sp³-hybridized carbons (Fsp3) is 0.698. The molecule has 1 atom stereocenters. The molecule has 0 heterocycles. The molecule has 0 aromatic rings. The lowest BCUT2D eigenvalue weighted by Crippen LogP contribution is -2.30. The van der Waals surface area contributed by atoms with Gasteiger partial charge in [-0.25, -0.2) is 0 Å². The van der Waals surface area contributed by atoms with E-state index in [2.05, 4.69) is 106 Å². The second-order valence-corrected chi connectivity index (χ2v) is 15.6. The molecule has 5 nitrogen and oxygen atoms in total. The van der Waals surface area contributed by atoms with E-state index >= 15 is 0 Å². The average Bonchev–Trinajstić information content (AvgIpc) is 3.22. The molecule has 0 aliphatic heterocycles. The topological polar surface area (TPSA) is 61.8 Å². The first-order valence-corrected chi connectivity index (χ1v) is 24.1. The van der Waals surface area contributed by atoms with Crippen LogP contribution in [0.2, 0.25) is 0 Å². The summed E-state index contributed by atoms with van der Waals surface area (Å²) in [5, 5.41) is 0. The molecule has 0 saturated heterocycles. The molecule has 0 aliphatic carbocycles. The first-order valence-electron chi connectivity index (χ1n) is 24.1. The summed E-state index contributed by atoms with van der Waals surface area (Å²) >= 11 is 0. The van der Waals surface area contributed by atoms with Gasteiger partial charge < -0.3 is 14.2 Å². The fourth-order valence-electron chi connectivity index (χ4n) is 6.34. The molecule has 0 aromatic carbocycles. The molecule has 0 aliphatic rings. The van der Waals surface area contributed by atoms with E-state index in [1.54, 1.807) is 0 Å². The molecular weight excluding hydrogens is 717 g/mol. The molecule has 0 saturated carbocycles. The van der Waals surface area contributed by atoms with E-state index in [1.165, 1.54) is 96.3 Å². The van der Waals surface area contributed by atoms with Gasteiger partial charge in [-0.1, -0.05) is 196 Å². The van der Waals surface area contributed by atoms with Crippen LogP contribution in [0.4, 0.5) is 0 Å². The Balaban J connectivity index is 4.30. The van der Waals surface area contributed by atoms with Crippen molar-refractivity contribution in [3.63, 3.8) is 0 Å². The summed E-state index contributed by atoms with van der Waals surface area (Å²) in [5.74, 6) is -0.476. The maximum atomic E-state index is 12.7. The lowest BCUT2D eigenvalue weighted by molar-refractivity contribution is -0.163. The van der Waals surface area contributed by atoms with Crippen LogP contribution in [0.5, 0.6) is 0 Å². The van der Waals surface area contributed by atoms with Crippen molar-refractivity contribution in [2.24, 2.45) is 0 Å². The maximum absolute atomic E-state index is 12.7. The monoisotopic (exact) mass is 807 g/mol. The minimum absolute atomic E-state index is 0.0502. The number of carbonyl (C=O) groups excluding carboxylic acids is 2. The summed E-state index contributed by atoms with van der Waals surface area (Å²) in [6.45, 7) is 7.60. The summed E-state index contributed by atoms with van der Waals surface area (Å²) < 4.78 is 17.2. The third-order valence-electron chi connectivity index (χ3n) is 9.92. The highest BCUT2D eigenvalue weighted by atomic mass is 16.6. The average molecular weight is 807 g/mol. The van der Waals surface area contributed by atoms with E-state index < -0.39 is 6.10 Å². The number of esters is 2. The molecule has 58 heavy (non-hydrogen) atoms. The zero-order chi connectivity index (χ0) is 42.1. The minimum Gasteiger partial charge on any atom is -0.462 e. The smallest absolute Gasteiger partial charge is 0.306 e. The highest BCUT2D eigenvalue weighted by Gasteiger charge is 2.17. The fourth-order valence-corrected chi connectivity index (χ4v) is 6.34. The van der Waals surface area contributed by atoms with Gasteiger partial charge in [0.05, 0.1) is 6.61 Å². The van der Waals surface area contributed by atoms with Gasteiger partial charge in [0, 0.05) is 19.4 Å². The number of ether oxygens (including phenoxy) is 3. The van der Waals surface area contributed by atoms with Crippen molar-refractivity contribution in [1.82, 2.24) is 0 Å². The van der Waals surface area contributed by atoms with Crippen LogP contribution in [-0.2, 0) is 23.8 Å². The van der Waals surface area contributed by atoms with Crippen molar-refractivity contribution in [3.8, 4) is 0 Å². The molecule has 0 aromatic heterocycles. The van der Waals surface area contributed by atoms with Gasteiger partial charge in [0.2, 0.25) is 0 Å². The van der Waals surface area contributed by atoms with Gasteiger partial charge in [-0.2, -0.15) is 0 Å². The van der Waals surface area contributed by atoms with Gasteiger partial charge in [-0.15, -0.1) is 0 Å². The van der Waals surface area contributed by atoms with Gasteiger partial charge >= 0.3 is 11.9 Å². The Bertz CT molecular complexity index is 1090. The lowest BCUT2D eigenvalue weighted by Gasteiger charge is -2.18. The van der Waals surface area contributed by atoms with Crippen molar-refractivity contribution >= 4 is 11.9 Å². The van der Waals surface area contributed by atoms with Crippen LogP contribution < -0.4 is 0 Å². The van der Waals surface area contributed by atoms with Crippen molar-refractivity contribution in [2.75, 3.05) is 19.8 Å². The van der Waals surface area contributed by atoms with Crippen molar-refractivity contribution in [2.45, 2.75) is 219 Å². The molecule has 1 unspecified atom stereocenters. The molecule has 332 valence electrons.